The number of nitrogens with zero attached hydrogens (tertiary/aromatic N) is 2. The molecule has 1 aromatic rings. The number of aryl methyl sites for hydroxylation is 1. The smallest absolute Gasteiger partial charge is 0.326 e. The van der Waals surface area contributed by atoms with Crippen LogP contribution in [0.3, 0.4) is 0 Å². The number of nitrogens with one attached hydrogen (secondary N) is 1. The number of carbonyl (C=O) groups excluding carboxylic acids is 1. The van der Waals surface area contributed by atoms with Gasteiger partial charge in [-0.15, -0.1) is 0 Å². The number of nitriles is 1. The summed E-state index contributed by atoms with van der Waals surface area (Å²) in [7, 11) is 0. The van der Waals surface area contributed by atoms with Crippen LogP contribution in [-0.2, 0) is 4.79 Å². The van der Waals surface area contributed by atoms with Crippen molar-refractivity contribution in [2.75, 3.05) is 11.9 Å². The quantitative estimate of drug-likeness (QED) is 0.861. The van der Waals surface area contributed by atoms with Gasteiger partial charge in [0.2, 0.25) is 0 Å². The van der Waals surface area contributed by atoms with Crippen LogP contribution in [0, 0.1) is 18.3 Å². The molecule has 0 unspecified atom stereocenters. The van der Waals surface area contributed by atoms with Gasteiger partial charge in [-0.3, -0.25) is 0 Å². The zero-order valence-corrected chi connectivity index (χ0v) is 11.1. The Hall–Kier alpha value is -2.55. The van der Waals surface area contributed by atoms with Crippen LogP contribution >= 0.6 is 0 Å². The third-order valence-corrected chi connectivity index (χ3v) is 3.41. The van der Waals surface area contributed by atoms with Gasteiger partial charge in [0.15, 0.2) is 0 Å². The van der Waals surface area contributed by atoms with Gasteiger partial charge in [0.25, 0.3) is 0 Å². The minimum atomic E-state index is -0.986. The van der Waals surface area contributed by atoms with Crippen LogP contribution in [0.1, 0.15) is 24.0 Å². The number of hydrogen-bond acceptors (Lipinski definition) is 3. The average molecular weight is 273 g/mol. The topological polar surface area (TPSA) is 93.4 Å². The molecule has 2 N–H and O–H groups in total. The molecule has 0 saturated carbocycles. The van der Waals surface area contributed by atoms with Crippen molar-refractivity contribution in [3.05, 3.63) is 29.3 Å². The van der Waals surface area contributed by atoms with Gasteiger partial charge < -0.3 is 15.3 Å². The largest absolute Gasteiger partial charge is 0.480 e. The van der Waals surface area contributed by atoms with Crippen LogP contribution < -0.4 is 5.32 Å². The number of anilines is 1. The molecule has 1 heterocycles. The van der Waals surface area contributed by atoms with Crippen molar-refractivity contribution in [1.29, 1.82) is 5.26 Å². The maximum absolute atomic E-state index is 12.2. The molecule has 1 aliphatic heterocycles. The number of benzene rings is 1. The van der Waals surface area contributed by atoms with Crippen molar-refractivity contribution < 1.29 is 14.7 Å². The van der Waals surface area contributed by atoms with E-state index >= 15 is 0 Å². The first-order chi connectivity index (χ1) is 9.52. The number of carboxylic acids is 1. The number of carbonyl (C=O) groups is 2. The number of amides is 2. The van der Waals surface area contributed by atoms with Gasteiger partial charge in [-0.1, -0.05) is 6.07 Å². The summed E-state index contributed by atoms with van der Waals surface area (Å²) in [5, 5.41) is 20.6. The Balaban J connectivity index is 2.16. The Morgan fingerprint density at radius 2 is 2.25 bits per heavy atom. The molecule has 1 saturated heterocycles. The van der Waals surface area contributed by atoms with E-state index in [0.717, 1.165) is 5.56 Å². The fraction of sp³-hybridized carbons (Fsp3) is 0.357. The maximum atomic E-state index is 12.2. The Morgan fingerprint density at radius 1 is 1.50 bits per heavy atom. The summed E-state index contributed by atoms with van der Waals surface area (Å²) in [4.78, 5) is 24.5. The van der Waals surface area contributed by atoms with Crippen LogP contribution in [0.2, 0.25) is 0 Å². The molecule has 0 spiro atoms. The van der Waals surface area contributed by atoms with Crippen LogP contribution in [-0.4, -0.2) is 34.6 Å². The molecule has 1 aromatic carbocycles. The molecule has 1 aliphatic rings. The predicted molar refractivity (Wildman–Crippen MR) is 72.3 cm³/mol. The van der Waals surface area contributed by atoms with Gasteiger partial charge in [-0.25, -0.2) is 9.59 Å². The molecule has 2 amide bonds. The Labute approximate surface area is 116 Å². The van der Waals surface area contributed by atoms with Crippen molar-refractivity contribution >= 4 is 17.7 Å². The summed E-state index contributed by atoms with van der Waals surface area (Å²) in [6.45, 7) is 2.25. The second kappa shape index (κ2) is 5.61. The molecule has 0 radical (unpaired) electrons. The first kappa shape index (κ1) is 13.9. The summed E-state index contributed by atoms with van der Waals surface area (Å²) in [6.07, 6.45) is 1.15. The number of likely N-dealkylation sites (tertiary alicyclic amines) is 1. The highest BCUT2D eigenvalue weighted by molar-refractivity contribution is 5.93. The molecule has 0 aromatic heterocycles. The highest BCUT2D eigenvalue weighted by atomic mass is 16.4. The standard InChI is InChI=1S/C14H15N3O3/c1-9-4-5-10(8-15)7-11(9)16-14(20)17-6-2-3-12(17)13(18)19/h4-5,7,12H,2-3,6H2,1H3,(H,16,20)(H,18,19)/t12-/m0/s1. The molecule has 20 heavy (non-hydrogen) atoms. The van der Waals surface area contributed by atoms with E-state index in [1.807, 2.05) is 13.0 Å². The van der Waals surface area contributed by atoms with Crippen LogP contribution in [0.5, 0.6) is 0 Å². The van der Waals surface area contributed by atoms with Gasteiger partial charge in [-0.2, -0.15) is 5.26 Å². The van der Waals surface area contributed by atoms with Crippen molar-refractivity contribution in [3.63, 3.8) is 0 Å². The van der Waals surface area contributed by atoms with E-state index in [-0.39, 0.29) is 0 Å². The lowest BCUT2D eigenvalue weighted by molar-refractivity contribution is -0.141. The second-order valence-electron chi connectivity index (χ2n) is 4.76. The third-order valence-electron chi connectivity index (χ3n) is 3.41. The highest BCUT2D eigenvalue weighted by Crippen LogP contribution is 2.21. The molecule has 2 rings (SSSR count). The Bertz CT molecular complexity index is 592. The number of rotatable bonds is 2. The first-order valence-corrected chi connectivity index (χ1v) is 6.34. The second-order valence-corrected chi connectivity index (χ2v) is 4.76. The fourth-order valence-corrected chi connectivity index (χ4v) is 2.28. The molecule has 104 valence electrons. The molecule has 6 heteroatoms. The third kappa shape index (κ3) is 2.72. The summed E-state index contributed by atoms with van der Waals surface area (Å²) in [5.41, 5.74) is 1.80. The summed E-state index contributed by atoms with van der Waals surface area (Å²) >= 11 is 0. The lowest BCUT2D eigenvalue weighted by Gasteiger charge is -2.22. The van der Waals surface area contributed by atoms with Crippen molar-refractivity contribution in [2.24, 2.45) is 0 Å². The number of aliphatic carboxylic acids is 1. The van der Waals surface area contributed by atoms with Gasteiger partial charge in [0.1, 0.15) is 6.04 Å². The predicted octanol–water partition coefficient (Wildman–Crippen LogP) is 1.95. The highest BCUT2D eigenvalue weighted by Gasteiger charge is 2.34. The van der Waals surface area contributed by atoms with Gasteiger partial charge in [0.05, 0.1) is 11.6 Å². The Kier molecular flexibility index (Phi) is 3.89. The van der Waals surface area contributed by atoms with Gasteiger partial charge in [0, 0.05) is 12.2 Å². The molecular formula is C14H15N3O3. The van der Waals surface area contributed by atoms with Gasteiger partial charge in [-0.05, 0) is 37.5 Å². The molecule has 1 atom stereocenters. The van der Waals surface area contributed by atoms with Crippen LogP contribution in [0.15, 0.2) is 18.2 Å². The number of carboxylic acid groups (broad SMARTS) is 1. The number of urea groups is 1. The lowest BCUT2D eigenvalue weighted by atomic mass is 10.1. The molecule has 0 aliphatic carbocycles. The first-order valence-electron chi connectivity index (χ1n) is 6.34. The fourth-order valence-electron chi connectivity index (χ4n) is 2.28. The zero-order chi connectivity index (χ0) is 14.7. The molecule has 6 nitrogen and oxygen atoms in total. The van der Waals surface area contributed by atoms with Gasteiger partial charge >= 0.3 is 12.0 Å². The van der Waals surface area contributed by atoms with E-state index in [9.17, 15) is 9.59 Å². The summed E-state index contributed by atoms with van der Waals surface area (Å²) in [5.74, 6) is -0.986. The zero-order valence-electron chi connectivity index (χ0n) is 11.1. The van der Waals surface area contributed by atoms with E-state index in [1.165, 1.54) is 4.90 Å². The SMILES string of the molecule is Cc1ccc(C#N)cc1NC(=O)N1CCC[C@H]1C(=O)O. The van der Waals surface area contributed by atoms with Crippen molar-refractivity contribution in [1.82, 2.24) is 4.90 Å². The van der Waals surface area contributed by atoms with E-state index in [1.54, 1.807) is 18.2 Å². The van der Waals surface area contributed by atoms with Crippen LogP contribution in [0.4, 0.5) is 10.5 Å². The van der Waals surface area contributed by atoms with Crippen LogP contribution in [0.25, 0.3) is 0 Å². The van der Waals surface area contributed by atoms with Crippen molar-refractivity contribution in [3.8, 4) is 6.07 Å². The molecular weight excluding hydrogens is 258 g/mol. The minimum Gasteiger partial charge on any atom is -0.480 e. The summed E-state index contributed by atoms with van der Waals surface area (Å²) < 4.78 is 0. The van der Waals surface area contributed by atoms with E-state index in [4.69, 9.17) is 10.4 Å². The van der Waals surface area contributed by atoms with E-state index in [0.29, 0.717) is 30.6 Å². The maximum Gasteiger partial charge on any atom is 0.326 e. The van der Waals surface area contributed by atoms with E-state index < -0.39 is 18.0 Å². The van der Waals surface area contributed by atoms with Crippen molar-refractivity contribution in [2.45, 2.75) is 25.8 Å². The average Bonchev–Trinajstić information content (AvgIpc) is 2.90. The minimum absolute atomic E-state index is 0.430. The lowest BCUT2D eigenvalue weighted by Crippen LogP contribution is -2.42. The van der Waals surface area contributed by atoms with E-state index in [2.05, 4.69) is 5.32 Å². The Morgan fingerprint density at radius 3 is 2.90 bits per heavy atom. The summed E-state index contributed by atoms with van der Waals surface area (Å²) in [6, 6.07) is 5.79. The number of hydrogen-bond donors (Lipinski definition) is 2. The molecule has 0 bridgehead atoms. The molecule has 1 fully saturated rings. The normalized spacial score (nSPS) is 17.6. The monoisotopic (exact) mass is 273 g/mol.